The first kappa shape index (κ1) is 19.0. The van der Waals surface area contributed by atoms with Crippen LogP contribution in [0.5, 0.6) is 0 Å². The summed E-state index contributed by atoms with van der Waals surface area (Å²) in [6.45, 7) is 2.83. The number of para-hydroxylation sites is 2. The first-order chi connectivity index (χ1) is 13.4. The molecule has 28 heavy (non-hydrogen) atoms. The molecule has 0 saturated heterocycles. The molecule has 0 aliphatic carbocycles. The van der Waals surface area contributed by atoms with Gasteiger partial charge in [-0.15, -0.1) is 0 Å². The number of fused-ring (bicyclic) bond motifs is 1. The van der Waals surface area contributed by atoms with Crippen LogP contribution in [0.2, 0.25) is 0 Å². The van der Waals surface area contributed by atoms with E-state index in [2.05, 4.69) is 10.3 Å². The fourth-order valence-corrected chi connectivity index (χ4v) is 2.83. The molecule has 0 atom stereocenters. The molecule has 0 aliphatic rings. The van der Waals surface area contributed by atoms with Gasteiger partial charge in [-0.3, -0.25) is 19.9 Å². The largest absolute Gasteiger partial charge is 0.452 e. The van der Waals surface area contributed by atoms with E-state index in [1.54, 1.807) is 44.2 Å². The van der Waals surface area contributed by atoms with E-state index < -0.39 is 23.4 Å². The second-order valence-corrected chi connectivity index (χ2v) is 6.18. The van der Waals surface area contributed by atoms with Crippen molar-refractivity contribution in [3.8, 4) is 0 Å². The molecule has 1 N–H and O–H groups in total. The number of carbonyl (C=O) groups excluding carboxylic acids is 2. The predicted molar refractivity (Wildman–Crippen MR) is 103 cm³/mol. The molecule has 2 aromatic carbocycles. The molecular weight excluding hydrogens is 362 g/mol. The molecule has 1 heterocycles. The van der Waals surface area contributed by atoms with Gasteiger partial charge in [-0.2, -0.15) is 0 Å². The zero-order valence-corrected chi connectivity index (χ0v) is 15.3. The maximum absolute atomic E-state index is 12.5. The van der Waals surface area contributed by atoms with Crippen LogP contribution in [0.15, 0.2) is 48.5 Å². The quantitative estimate of drug-likeness (QED) is 0.412. The number of nitro groups is 1. The fraction of sp³-hybridized carbons (Fsp3) is 0.150. The second-order valence-electron chi connectivity index (χ2n) is 6.18. The Kier molecular flexibility index (Phi) is 5.30. The topological polar surface area (TPSA) is 111 Å². The number of esters is 1. The number of amides is 1. The number of aryl methyl sites for hydroxylation is 2. The van der Waals surface area contributed by atoms with Crippen molar-refractivity contribution in [1.29, 1.82) is 0 Å². The number of carbonyl (C=O) groups is 2. The van der Waals surface area contributed by atoms with E-state index in [1.807, 2.05) is 6.07 Å². The van der Waals surface area contributed by atoms with Gasteiger partial charge in [0.1, 0.15) is 5.69 Å². The number of pyridine rings is 1. The van der Waals surface area contributed by atoms with Crippen LogP contribution < -0.4 is 5.32 Å². The van der Waals surface area contributed by atoms with Crippen molar-refractivity contribution in [2.75, 3.05) is 11.9 Å². The molecule has 0 bridgehead atoms. The lowest BCUT2D eigenvalue weighted by molar-refractivity contribution is -0.384. The van der Waals surface area contributed by atoms with Crippen molar-refractivity contribution in [3.63, 3.8) is 0 Å². The lowest BCUT2D eigenvalue weighted by atomic mass is 10.1. The van der Waals surface area contributed by atoms with Crippen molar-refractivity contribution < 1.29 is 19.2 Å². The van der Waals surface area contributed by atoms with Gasteiger partial charge in [0.2, 0.25) is 0 Å². The number of hydrogen-bond acceptors (Lipinski definition) is 6. The van der Waals surface area contributed by atoms with Crippen molar-refractivity contribution in [1.82, 2.24) is 4.98 Å². The standard InChI is InChI=1S/C20H17N3O5/c1-12-6-5-9-17(23(26)27)19(12)22-18(24)11-28-20(25)15-10-13(2)21-16-8-4-3-7-14(15)16/h3-10H,11H2,1-2H3,(H,22,24). The summed E-state index contributed by atoms with van der Waals surface area (Å²) in [6, 6.07) is 13.2. The minimum absolute atomic E-state index is 0.0822. The highest BCUT2D eigenvalue weighted by Crippen LogP contribution is 2.27. The van der Waals surface area contributed by atoms with Crippen LogP contribution in [-0.2, 0) is 9.53 Å². The SMILES string of the molecule is Cc1cc(C(=O)OCC(=O)Nc2c(C)cccc2[N+](=O)[O-])c2ccccc2n1. The summed E-state index contributed by atoms with van der Waals surface area (Å²) in [5, 5.41) is 14.2. The molecule has 3 rings (SSSR count). The molecule has 0 radical (unpaired) electrons. The van der Waals surface area contributed by atoms with Crippen LogP contribution in [0.3, 0.4) is 0 Å². The lowest BCUT2D eigenvalue weighted by Gasteiger charge is -2.10. The zero-order valence-electron chi connectivity index (χ0n) is 15.3. The number of ether oxygens (including phenoxy) is 1. The summed E-state index contributed by atoms with van der Waals surface area (Å²) >= 11 is 0. The molecule has 0 unspecified atom stereocenters. The van der Waals surface area contributed by atoms with Gasteiger partial charge in [0.15, 0.2) is 6.61 Å². The average Bonchev–Trinajstić information content (AvgIpc) is 2.66. The molecule has 0 saturated carbocycles. The molecule has 1 amide bonds. The summed E-state index contributed by atoms with van der Waals surface area (Å²) in [5.74, 6) is -1.34. The highest BCUT2D eigenvalue weighted by atomic mass is 16.6. The van der Waals surface area contributed by atoms with E-state index in [0.29, 0.717) is 27.7 Å². The Bertz CT molecular complexity index is 1090. The van der Waals surface area contributed by atoms with Crippen LogP contribution in [0, 0.1) is 24.0 Å². The number of nitrogens with zero attached hydrogens (tertiary/aromatic N) is 2. The Morgan fingerprint density at radius 2 is 1.89 bits per heavy atom. The monoisotopic (exact) mass is 379 g/mol. The summed E-state index contributed by atoms with van der Waals surface area (Å²) in [7, 11) is 0. The van der Waals surface area contributed by atoms with Crippen LogP contribution in [0.4, 0.5) is 11.4 Å². The minimum Gasteiger partial charge on any atom is -0.452 e. The number of rotatable bonds is 5. The summed E-state index contributed by atoms with van der Waals surface area (Å²) in [5.41, 5.74) is 1.98. The Morgan fingerprint density at radius 1 is 1.14 bits per heavy atom. The van der Waals surface area contributed by atoms with Gasteiger partial charge in [-0.05, 0) is 31.5 Å². The van der Waals surface area contributed by atoms with Gasteiger partial charge in [0.05, 0.1) is 16.0 Å². The highest BCUT2D eigenvalue weighted by molar-refractivity contribution is 6.04. The van der Waals surface area contributed by atoms with E-state index >= 15 is 0 Å². The molecule has 3 aromatic rings. The number of hydrogen-bond donors (Lipinski definition) is 1. The Morgan fingerprint density at radius 3 is 2.64 bits per heavy atom. The van der Waals surface area contributed by atoms with Crippen LogP contribution >= 0.6 is 0 Å². The summed E-state index contributed by atoms with van der Waals surface area (Å²) < 4.78 is 5.12. The number of aromatic nitrogens is 1. The van der Waals surface area contributed by atoms with Gasteiger partial charge in [-0.25, -0.2) is 4.79 Å². The average molecular weight is 379 g/mol. The maximum atomic E-state index is 12.5. The smallest absolute Gasteiger partial charge is 0.339 e. The Labute approximate surface area is 160 Å². The normalized spacial score (nSPS) is 10.5. The van der Waals surface area contributed by atoms with E-state index in [1.165, 1.54) is 12.1 Å². The minimum atomic E-state index is -0.670. The third-order valence-electron chi connectivity index (χ3n) is 4.11. The molecule has 1 aromatic heterocycles. The Hall–Kier alpha value is -3.81. The number of nitro benzene ring substituents is 1. The zero-order chi connectivity index (χ0) is 20.3. The number of anilines is 1. The summed E-state index contributed by atoms with van der Waals surface area (Å²) in [6.07, 6.45) is 0. The van der Waals surface area contributed by atoms with Crippen molar-refractivity contribution in [3.05, 3.63) is 75.5 Å². The first-order valence-electron chi connectivity index (χ1n) is 8.44. The molecule has 0 spiro atoms. The molecule has 142 valence electrons. The highest BCUT2D eigenvalue weighted by Gasteiger charge is 2.19. The van der Waals surface area contributed by atoms with Crippen molar-refractivity contribution in [2.24, 2.45) is 0 Å². The predicted octanol–water partition coefficient (Wildman–Crippen LogP) is 3.56. The number of nitrogens with one attached hydrogen (secondary N) is 1. The molecule has 0 aliphatic heterocycles. The second kappa shape index (κ2) is 7.83. The molecule has 8 heteroatoms. The van der Waals surface area contributed by atoms with Gasteiger partial charge in [-0.1, -0.05) is 30.3 Å². The van der Waals surface area contributed by atoms with Gasteiger partial charge in [0.25, 0.3) is 11.6 Å². The van der Waals surface area contributed by atoms with Crippen molar-refractivity contribution >= 4 is 34.2 Å². The Balaban J connectivity index is 1.74. The maximum Gasteiger partial charge on any atom is 0.339 e. The first-order valence-corrected chi connectivity index (χ1v) is 8.44. The van der Waals surface area contributed by atoms with Gasteiger partial charge >= 0.3 is 5.97 Å². The summed E-state index contributed by atoms with van der Waals surface area (Å²) in [4.78, 5) is 39.6. The molecule has 0 fully saturated rings. The van der Waals surface area contributed by atoms with E-state index in [-0.39, 0.29) is 11.4 Å². The van der Waals surface area contributed by atoms with E-state index in [0.717, 1.165) is 0 Å². The number of benzene rings is 2. The fourth-order valence-electron chi connectivity index (χ4n) is 2.83. The molecular formula is C20H17N3O5. The van der Waals surface area contributed by atoms with Crippen LogP contribution in [-0.4, -0.2) is 28.4 Å². The van der Waals surface area contributed by atoms with Crippen molar-refractivity contribution in [2.45, 2.75) is 13.8 Å². The third-order valence-corrected chi connectivity index (χ3v) is 4.11. The van der Waals surface area contributed by atoms with E-state index in [4.69, 9.17) is 4.74 Å². The molecule has 8 nitrogen and oxygen atoms in total. The van der Waals surface area contributed by atoms with E-state index in [9.17, 15) is 19.7 Å². The van der Waals surface area contributed by atoms with Gasteiger partial charge < -0.3 is 10.1 Å². The third kappa shape index (κ3) is 3.96. The van der Waals surface area contributed by atoms with Crippen LogP contribution in [0.25, 0.3) is 10.9 Å². The lowest BCUT2D eigenvalue weighted by Crippen LogP contribution is -2.22. The van der Waals surface area contributed by atoms with Crippen LogP contribution in [0.1, 0.15) is 21.6 Å². The van der Waals surface area contributed by atoms with Gasteiger partial charge in [0, 0.05) is 17.1 Å².